The van der Waals surface area contributed by atoms with Gasteiger partial charge in [0.2, 0.25) is 5.91 Å². The molecule has 0 spiro atoms. The molecule has 0 aromatic heterocycles. The molecule has 0 fully saturated rings. The lowest BCUT2D eigenvalue weighted by Crippen LogP contribution is -2.40. The second-order valence-electron chi connectivity index (χ2n) is 10.7. The zero-order valence-corrected chi connectivity index (χ0v) is 22.7. The Kier molecular flexibility index (Phi) is 8.25. The maximum atomic E-state index is 14.2. The first-order valence-corrected chi connectivity index (χ1v) is 12.8. The van der Waals surface area contributed by atoms with E-state index in [-0.39, 0.29) is 31.3 Å². The van der Waals surface area contributed by atoms with E-state index >= 15 is 0 Å². The fourth-order valence-corrected chi connectivity index (χ4v) is 5.25. The van der Waals surface area contributed by atoms with E-state index in [9.17, 15) is 19.1 Å². The van der Waals surface area contributed by atoms with E-state index in [1.54, 1.807) is 31.4 Å². The molecule has 8 heteroatoms. The Morgan fingerprint density at radius 1 is 1.05 bits per heavy atom. The van der Waals surface area contributed by atoms with Crippen molar-refractivity contribution in [1.82, 2.24) is 0 Å². The number of nitrogens with one attached hydrogen (secondary N) is 1. The zero-order valence-electron chi connectivity index (χ0n) is 22.7. The normalized spacial score (nSPS) is 14.3. The largest absolute Gasteiger partial charge is 0.497 e. The molecule has 39 heavy (non-hydrogen) atoms. The molecule has 1 amide bonds. The molecule has 1 heterocycles. The third-order valence-electron chi connectivity index (χ3n) is 7.16. The third-order valence-corrected chi connectivity index (χ3v) is 7.16. The summed E-state index contributed by atoms with van der Waals surface area (Å²) in [6.45, 7) is 3.96. The van der Waals surface area contributed by atoms with Gasteiger partial charge in [-0.25, -0.2) is 9.18 Å². The van der Waals surface area contributed by atoms with Crippen LogP contribution in [0, 0.1) is 5.82 Å². The van der Waals surface area contributed by atoms with Crippen molar-refractivity contribution in [3.05, 3.63) is 88.7 Å². The molecule has 206 valence electrons. The molecule has 1 aliphatic heterocycles. The molecule has 7 nitrogen and oxygen atoms in total. The number of fused-ring (bicyclic) bond motifs is 1. The molecule has 1 aliphatic rings. The maximum absolute atomic E-state index is 14.2. The van der Waals surface area contributed by atoms with Crippen LogP contribution in [0.4, 0.5) is 10.1 Å². The molecule has 0 radical (unpaired) electrons. The number of methoxy groups -OCH3 is 2. The summed E-state index contributed by atoms with van der Waals surface area (Å²) >= 11 is 0. The third kappa shape index (κ3) is 6.75. The summed E-state index contributed by atoms with van der Waals surface area (Å²) in [6, 6.07) is 16.8. The summed E-state index contributed by atoms with van der Waals surface area (Å²) in [6.07, 6.45) is 0.801. The predicted molar refractivity (Wildman–Crippen MR) is 146 cm³/mol. The van der Waals surface area contributed by atoms with Crippen LogP contribution in [-0.2, 0) is 28.0 Å². The molecule has 0 saturated heterocycles. The van der Waals surface area contributed by atoms with Crippen LogP contribution in [0.25, 0.3) is 0 Å². The first kappa shape index (κ1) is 28.1. The minimum atomic E-state index is -1.43. The standard InChI is InChI=1S/C31H34FNO6/c1-30(2,26-16-22(32)7-12-27(26)38-4)19-31(36,14-13-20-5-9-24(37-3)10-6-20)17-28(34)33-23-8-11-25-21(15-23)18-39-29(25)35/h5-12,15-16,36H,13-14,17-19H2,1-4H3,(H,33,34). The number of benzene rings is 3. The minimum Gasteiger partial charge on any atom is -0.497 e. The van der Waals surface area contributed by atoms with Crippen LogP contribution in [0.5, 0.6) is 11.5 Å². The quantitative estimate of drug-likeness (QED) is 0.312. The molecule has 0 saturated carbocycles. The van der Waals surface area contributed by atoms with Crippen molar-refractivity contribution in [2.75, 3.05) is 19.5 Å². The van der Waals surface area contributed by atoms with Crippen LogP contribution in [-0.4, -0.2) is 36.8 Å². The SMILES string of the molecule is COc1ccc(CCC(O)(CC(=O)Nc2ccc3c(c2)COC3=O)CC(C)(C)c2cc(F)ccc2OC)cc1. The zero-order chi connectivity index (χ0) is 28.2. The molecule has 1 unspecified atom stereocenters. The number of aryl methyl sites for hydroxylation is 1. The number of ether oxygens (including phenoxy) is 3. The molecule has 3 aromatic carbocycles. The Labute approximate surface area is 227 Å². The highest BCUT2D eigenvalue weighted by Crippen LogP contribution is 2.41. The van der Waals surface area contributed by atoms with Crippen molar-refractivity contribution in [2.45, 2.75) is 57.2 Å². The van der Waals surface area contributed by atoms with Gasteiger partial charge in [0.05, 0.1) is 31.8 Å². The number of carbonyl (C=O) groups is 2. The molecular weight excluding hydrogens is 501 g/mol. The highest BCUT2D eigenvalue weighted by atomic mass is 19.1. The first-order chi connectivity index (χ1) is 18.5. The van der Waals surface area contributed by atoms with Crippen LogP contribution in [0.15, 0.2) is 60.7 Å². The average molecular weight is 536 g/mol. The van der Waals surface area contributed by atoms with Crippen molar-refractivity contribution in [3.63, 3.8) is 0 Å². The van der Waals surface area contributed by atoms with Crippen molar-refractivity contribution in [3.8, 4) is 11.5 Å². The summed E-state index contributed by atoms with van der Waals surface area (Å²) < 4.78 is 30.0. The Hall–Kier alpha value is -3.91. The summed E-state index contributed by atoms with van der Waals surface area (Å²) in [5, 5.41) is 14.8. The van der Waals surface area contributed by atoms with Gasteiger partial charge in [0.1, 0.15) is 23.9 Å². The number of halogens is 1. The Morgan fingerprint density at radius 3 is 2.49 bits per heavy atom. The van der Waals surface area contributed by atoms with Crippen LogP contribution >= 0.6 is 0 Å². The monoisotopic (exact) mass is 535 g/mol. The van der Waals surface area contributed by atoms with Gasteiger partial charge in [-0.15, -0.1) is 0 Å². The molecule has 0 bridgehead atoms. The number of amides is 1. The van der Waals surface area contributed by atoms with Crippen molar-refractivity contribution >= 4 is 17.6 Å². The van der Waals surface area contributed by atoms with Crippen molar-refractivity contribution in [2.24, 2.45) is 0 Å². The summed E-state index contributed by atoms with van der Waals surface area (Å²) in [5.41, 5.74) is 1.13. The molecule has 0 aliphatic carbocycles. The van der Waals surface area contributed by atoms with Gasteiger partial charge >= 0.3 is 5.97 Å². The fourth-order valence-electron chi connectivity index (χ4n) is 5.25. The highest BCUT2D eigenvalue weighted by Gasteiger charge is 2.38. The Balaban J connectivity index is 1.56. The molecule has 1 atom stereocenters. The van der Waals surface area contributed by atoms with Gasteiger partial charge in [-0.3, -0.25) is 4.79 Å². The lowest BCUT2D eigenvalue weighted by Gasteiger charge is -2.37. The van der Waals surface area contributed by atoms with Gasteiger partial charge in [0.25, 0.3) is 0 Å². The minimum absolute atomic E-state index is 0.160. The fraction of sp³-hybridized carbons (Fsp3) is 0.355. The number of hydrogen-bond acceptors (Lipinski definition) is 6. The summed E-state index contributed by atoms with van der Waals surface area (Å²) in [5.74, 6) is 0.0788. The van der Waals surface area contributed by atoms with Gasteiger partial charge in [0.15, 0.2) is 0 Å². The number of esters is 1. The van der Waals surface area contributed by atoms with Crippen molar-refractivity contribution < 1.29 is 33.3 Å². The van der Waals surface area contributed by atoms with Crippen LogP contribution < -0.4 is 14.8 Å². The van der Waals surface area contributed by atoms with E-state index in [2.05, 4.69) is 5.32 Å². The second kappa shape index (κ2) is 11.5. The molecular formula is C31H34FNO6. The van der Waals surface area contributed by atoms with E-state index in [0.29, 0.717) is 41.0 Å². The van der Waals surface area contributed by atoms with Crippen LogP contribution in [0.1, 0.15) is 60.2 Å². The van der Waals surface area contributed by atoms with Gasteiger partial charge in [0, 0.05) is 16.8 Å². The summed E-state index contributed by atoms with van der Waals surface area (Å²) in [7, 11) is 3.12. The Bertz CT molecular complexity index is 1350. The maximum Gasteiger partial charge on any atom is 0.338 e. The van der Waals surface area contributed by atoms with Gasteiger partial charge in [-0.05, 0) is 78.8 Å². The van der Waals surface area contributed by atoms with Gasteiger partial charge < -0.3 is 24.6 Å². The number of rotatable bonds is 11. The van der Waals surface area contributed by atoms with Crippen molar-refractivity contribution in [1.29, 1.82) is 0 Å². The highest BCUT2D eigenvalue weighted by molar-refractivity contribution is 5.96. The van der Waals surface area contributed by atoms with E-state index in [1.165, 1.54) is 19.2 Å². The second-order valence-corrected chi connectivity index (χ2v) is 10.7. The number of hydrogen-bond donors (Lipinski definition) is 2. The number of aliphatic hydroxyl groups is 1. The topological polar surface area (TPSA) is 94.1 Å². The number of anilines is 1. The van der Waals surface area contributed by atoms with E-state index < -0.39 is 16.8 Å². The molecule has 2 N–H and O–H groups in total. The number of carbonyl (C=O) groups excluding carboxylic acids is 2. The Morgan fingerprint density at radius 2 is 1.79 bits per heavy atom. The van der Waals surface area contributed by atoms with Gasteiger partial charge in [-0.1, -0.05) is 26.0 Å². The lowest BCUT2D eigenvalue weighted by molar-refractivity contribution is -0.122. The van der Waals surface area contributed by atoms with E-state index in [0.717, 1.165) is 11.3 Å². The van der Waals surface area contributed by atoms with Gasteiger partial charge in [-0.2, -0.15) is 0 Å². The average Bonchev–Trinajstić information content (AvgIpc) is 3.27. The predicted octanol–water partition coefficient (Wildman–Crippen LogP) is 5.57. The molecule has 4 rings (SSSR count). The first-order valence-electron chi connectivity index (χ1n) is 12.8. The van der Waals surface area contributed by atoms with Crippen LogP contribution in [0.3, 0.4) is 0 Å². The van der Waals surface area contributed by atoms with E-state index in [1.807, 2.05) is 38.1 Å². The van der Waals surface area contributed by atoms with Crippen LogP contribution in [0.2, 0.25) is 0 Å². The smallest absolute Gasteiger partial charge is 0.338 e. The lowest BCUT2D eigenvalue weighted by atomic mass is 9.72. The van der Waals surface area contributed by atoms with E-state index in [4.69, 9.17) is 14.2 Å². The summed E-state index contributed by atoms with van der Waals surface area (Å²) in [4.78, 5) is 25.0. The number of cyclic esters (lactones) is 1. The molecule has 3 aromatic rings.